The van der Waals surface area contributed by atoms with Crippen LogP contribution in [0.3, 0.4) is 0 Å². The van der Waals surface area contributed by atoms with E-state index in [0.29, 0.717) is 16.6 Å². The first-order chi connectivity index (χ1) is 10.1. The van der Waals surface area contributed by atoms with Crippen LogP contribution in [0.2, 0.25) is 10.0 Å². The standard InChI is InChI=1S/C16H15Cl2N3/c1-10(19)16-20-14-4-2-3-5-15(14)21(16)9-11-6-7-12(17)13(18)8-11/h2-8,10H,9,19H2,1H3. The predicted octanol–water partition coefficient (Wildman–Crippen LogP) is 4.41. The van der Waals surface area contributed by atoms with Crippen molar-refractivity contribution in [1.82, 2.24) is 9.55 Å². The molecule has 0 aliphatic heterocycles. The van der Waals surface area contributed by atoms with Crippen LogP contribution in [0.1, 0.15) is 24.4 Å². The molecule has 0 saturated heterocycles. The number of nitrogens with two attached hydrogens (primary N) is 1. The highest BCUT2D eigenvalue weighted by atomic mass is 35.5. The molecule has 0 aliphatic rings. The molecule has 3 rings (SSSR count). The fourth-order valence-electron chi connectivity index (χ4n) is 2.43. The van der Waals surface area contributed by atoms with Crippen molar-refractivity contribution < 1.29 is 0 Å². The normalized spacial score (nSPS) is 12.8. The van der Waals surface area contributed by atoms with E-state index in [4.69, 9.17) is 28.9 Å². The number of benzene rings is 2. The summed E-state index contributed by atoms with van der Waals surface area (Å²) in [6.07, 6.45) is 0. The quantitative estimate of drug-likeness (QED) is 0.777. The van der Waals surface area contributed by atoms with Gasteiger partial charge in [-0.3, -0.25) is 0 Å². The van der Waals surface area contributed by atoms with Crippen LogP contribution in [-0.4, -0.2) is 9.55 Å². The van der Waals surface area contributed by atoms with Gasteiger partial charge in [0, 0.05) is 6.54 Å². The van der Waals surface area contributed by atoms with E-state index in [1.54, 1.807) is 0 Å². The second kappa shape index (κ2) is 5.68. The first kappa shape index (κ1) is 14.4. The van der Waals surface area contributed by atoms with Crippen LogP contribution in [0.5, 0.6) is 0 Å². The van der Waals surface area contributed by atoms with Crippen LogP contribution < -0.4 is 5.73 Å². The van der Waals surface area contributed by atoms with Crippen molar-refractivity contribution in [2.45, 2.75) is 19.5 Å². The summed E-state index contributed by atoms with van der Waals surface area (Å²) < 4.78 is 2.12. The zero-order valence-corrected chi connectivity index (χ0v) is 13.1. The van der Waals surface area contributed by atoms with Crippen LogP contribution in [0.4, 0.5) is 0 Å². The molecule has 0 spiro atoms. The van der Waals surface area contributed by atoms with Gasteiger partial charge in [-0.25, -0.2) is 4.98 Å². The van der Waals surface area contributed by atoms with Gasteiger partial charge in [0.1, 0.15) is 5.82 Å². The second-order valence-electron chi connectivity index (χ2n) is 5.08. The minimum absolute atomic E-state index is 0.139. The van der Waals surface area contributed by atoms with Crippen LogP contribution in [0.25, 0.3) is 11.0 Å². The number of hydrogen-bond donors (Lipinski definition) is 1. The van der Waals surface area contributed by atoms with Gasteiger partial charge in [-0.15, -0.1) is 0 Å². The Bertz CT molecular complexity index is 793. The molecular formula is C16H15Cl2N3. The fourth-order valence-corrected chi connectivity index (χ4v) is 2.75. The molecule has 0 radical (unpaired) electrons. The average Bonchev–Trinajstić information content (AvgIpc) is 2.82. The molecule has 3 aromatic rings. The molecule has 1 aromatic heterocycles. The predicted molar refractivity (Wildman–Crippen MR) is 87.9 cm³/mol. The Balaban J connectivity index is 2.10. The molecule has 1 atom stereocenters. The number of aromatic nitrogens is 2. The Hall–Kier alpha value is -1.55. The van der Waals surface area contributed by atoms with E-state index in [1.807, 2.05) is 49.4 Å². The zero-order chi connectivity index (χ0) is 15.0. The maximum absolute atomic E-state index is 6.09. The van der Waals surface area contributed by atoms with Crippen molar-refractivity contribution in [3.8, 4) is 0 Å². The molecule has 3 nitrogen and oxygen atoms in total. The molecule has 2 aromatic carbocycles. The minimum Gasteiger partial charge on any atom is -0.322 e. The Kier molecular flexibility index (Phi) is 3.89. The van der Waals surface area contributed by atoms with E-state index in [9.17, 15) is 0 Å². The molecule has 0 aliphatic carbocycles. The number of rotatable bonds is 3. The summed E-state index contributed by atoms with van der Waals surface area (Å²) in [6, 6.07) is 13.5. The van der Waals surface area contributed by atoms with Crippen molar-refractivity contribution in [3.63, 3.8) is 0 Å². The first-order valence-corrected chi connectivity index (χ1v) is 7.46. The van der Waals surface area contributed by atoms with Crippen molar-refractivity contribution >= 4 is 34.2 Å². The number of fused-ring (bicyclic) bond motifs is 1. The Morgan fingerprint density at radius 1 is 1.14 bits per heavy atom. The van der Waals surface area contributed by atoms with E-state index in [2.05, 4.69) is 9.55 Å². The van der Waals surface area contributed by atoms with E-state index in [0.717, 1.165) is 22.4 Å². The maximum Gasteiger partial charge on any atom is 0.126 e. The first-order valence-electron chi connectivity index (χ1n) is 6.71. The Morgan fingerprint density at radius 3 is 2.62 bits per heavy atom. The summed E-state index contributed by atoms with van der Waals surface area (Å²) >= 11 is 12.1. The van der Waals surface area contributed by atoms with Gasteiger partial charge in [0.2, 0.25) is 0 Å². The minimum atomic E-state index is -0.139. The van der Waals surface area contributed by atoms with E-state index in [-0.39, 0.29) is 6.04 Å². The van der Waals surface area contributed by atoms with E-state index >= 15 is 0 Å². The Labute approximate surface area is 133 Å². The molecule has 0 saturated carbocycles. The zero-order valence-electron chi connectivity index (χ0n) is 11.6. The molecule has 0 fully saturated rings. The van der Waals surface area contributed by atoms with Gasteiger partial charge in [0.05, 0.1) is 27.1 Å². The molecule has 1 heterocycles. The van der Waals surface area contributed by atoms with Crippen molar-refractivity contribution in [2.75, 3.05) is 0 Å². The van der Waals surface area contributed by atoms with Gasteiger partial charge in [-0.2, -0.15) is 0 Å². The lowest BCUT2D eigenvalue weighted by atomic mass is 10.2. The van der Waals surface area contributed by atoms with Gasteiger partial charge in [-0.05, 0) is 36.8 Å². The largest absolute Gasteiger partial charge is 0.322 e. The number of para-hydroxylation sites is 2. The van der Waals surface area contributed by atoms with Crippen LogP contribution in [0.15, 0.2) is 42.5 Å². The number of hydrogen-bond acceptors (Lipinski definition) is 2. The summed E-state index contributed by atoms with van der Waals surface area (Å²) in [6.45, 7) is 2.60. The maximum atomic E-state index is 6.09. The molecule has 21 heavy (non-hydrogen) atoms. The topological polar surface area (TPSA) is 43.8 Å². The highest BCUT2D eigenvalue weighted by molar-refractivity contribution is 6.42. The third-order valence-electron chi connectivity index (χ3n) is 3.42. The second-order valence-corrected chi connectivity index (χ2v) is 5.90. The van der Waals surface area contributed by atoms with E-state index in [1.165, 1.54) is 0 Å². The fraction of sp³-hybridized carbons (Fsp3) is 0.188. The number of halogens is 2. The lowest BCUT2D eigenvalue weighted by molar-refractivity contribution is 0.664. The van der Waals surface area contributed by atoms with Gasteiger partial charge >= 0.3 is 0 Å². The van der Waals surface area contributed by atoms with E-state index < -0.39 is 0 Å². The molecule has 0 bridgehead atoms. The smallest absolute Gasteiger partial charge is 0.126 e. The van der Waals surface area contributed by atoms with Crippen LogP contribution in [-0.2, 0) is 6.54 Å². The van der Waals surface area contributed by atoms with Crippen LogP contribution >= 0.6 is 23.2 Å². The molecule has 2 N–H and O–H groups in total. The highest BCUT2D eigenvalue weighted by Gasteiger charge is 2.14. The summed E-state index contributed by atoms with van der Waals surface area (Å²) in [4.78, 5) is 4.63. The molecule has 5 heteroatoms. The highest BCUT2D eigenvalue weighted by Crippen LogP contribution is 2.25. The van der Waals surface area contributed by atoms with Gasteiger partial charge < -0.3 is 10.3 Å². The molecule has 108 valence electrons. The number of imidazole rings is 1. The lowest BCUT2D eigenvalue weighted by Gasteiger charge is -2.12. The van der Waals surface area contributed by atoms with Crippen molar-refractivity contribution in [3.05, 3.63) is 63.9 Å². The molecule has 1 unspecified atom stereocenters. The monoisotopic (exact) mass is 319 g/mol. The Morgan fingerprint density at radius 2 is 1.90 bits per heavy atom. The van der Waals surface area contributed by atoms with Gasteiger partial charge in [0.15, 0.2) is 0 Å². The third-order valence-corrected chi connectivity index (χ3v) is 4.16. The number of nitrogens with zero attached hydrogens (tertiary/aromatic N) is 2. The summed E-state index contributed by atoms with van der Waals surface area (Å²) in [5.41, 5.74) is 9.13. The van der Waals surface area contributed by atoms with Crippen LogP contribution in [0, 0.1) is 0 Å². The molecular weight excluding hydrogens is 305 g/mol. The average molecular weight is 320 g/mol. The SMILES string of the molecule is CC(N)c1nc2ccccc2n1Cc1ccc(Cl)c(Cl)c1. The molecule has 0 amide bonds. The van der Waals surface area contributed by atoms with Gasteiger partial charge in [-0.1, -0.05) is 41.4 Å². The lowest BCUT2D eigenvalue weighted by Crippen LogP contribution is -2.14. The van der Waals surface area contributed by atoms with Crippen molar-refractivity contribution in [1.29, 1.82) is 0 Å². The van der Waals surface area contributed by atoms with Gasteiger partial charge in [0.25, 0.3) is 0 Å². The summed E-state index contributed by atoms with van der Waals surface area (Å²) in [5, 5.41) is 1.12. The summed E-state index contributed by atoms with van der Waals surface area (Å²) in [7, 11) is 0. The van der Waals surface area contributed by atoms with Crippen molar-refractivity contribution in [2.24, 2.45) is 5.73 Å². The third kappa shape index (κ3) is 2.77. The summed E-state index contributed by atoms with van der Waals surface area (Å²) in [5.74, 6) is 0.863.